The van der Waals surface area contributed by atoms with Gasteiger partial charge in [-0.15, -0.1) is 0 Å². The minimum absolute atomic E-state index is 0.0719. The maximum atomic E-state index is 14.4. The van der Waals surface area contributed by atoms with Crippen LogP contribution in [0.2, 0.25) is 0 Å². The number of amides is 1. The normalized spacial score (nSPS) is 31.8. The molecule has 1 amide bonds. The van der Waals surface area contributed by atoms with Crippen LogP contribution in [0.25, 0.3) is 0 Å². The van der Waals surface area contributed by atoms with Crippen LogP contribution >= 0.6 is 0 Å². The van der Waals surface area contributed by atoms with Crippen molar-refractivity contribution in [3.8, 4) is 0 Å². The average Bonchev–Trinajstić information content (AvgIpc) is 3.06. The lowest BCUT2D eigenvalue weighted by atomic mass is 9.61. The van der Waals surface area contributed by atoms with Crippen LogP contribution in [0.15, 0.2) is 72.3 Å². The van der Waals surface area contributed by atoms with Crippen molar-refractivity contribution in [3.63, 3.8) is 0 Å². The van der Waals surface area contributed by atoms with E-state index < -0.39 is 0 Å². The highest BCUT2D eigenvalue weighted by Gasteiger charge is 2.55. The molecule has 3 aliphatic rings. The Hall–Kier alpha value is -2.88. The summed E-state index contributed by atoms with van der Waals surface area (Å²) in [4.78, 5) is 28.9. The van der Waals surface area contributed by atoms with E-state index in [1.165, 1.54) is 5.57 Å². The zero-order valence-corrected chi connectivity index (χ0v) is 18.1. The smallest absolute Gasteiger partial charge is 0.313 e. The number of fused-ring (bicyclic) bond motifs is 2. The molecular formula is C27H29NO3. The predicted molar refractivity (Wildman–Crippen MR) is 121 cm³/mol. The SMILES string of the molecule is C[C@H]1CC[C@@H]2C(=C[C@@H]3C(=O)O[C@H](C)[C@H]3[C@H]2C(=O)N(c2ccccc2)c2ccccc2)C1. The zero-order valence-electron chi connectivity index (χ0n) is 18.1. The van der Waals surface area contributed by atoms with Crippen LogP contribution in [0.1, 0.15) is 33.1 Å². The summed E-state index contributed by atoms with van der Waals surface area (Å²) in [6, 6.07) is 19.7. The first-order valence-electron chi connectivity index (χ1n) is 11.4. The lowest BCUT2D eigenvalue weighted by Gasteiger charge is -2.44. The maximum Gasteiger partial charge on any atom is 0.313 e. The molecule has 0 bridgehead atoms. The zero-order chi connectivity index (χ0) is 21.5. The minimum Gasteiger partial charge on any atom is -0.462 e. The van der Waals surface area contributed by atoms with Crippen molar-refractivity contribution >= 4 is 23.3 Å². The molecule has 160 valence electrons. The van der Waals surface area contributed by atoms with Gasteiger partial charge in [0, 0.05) is 17.3 Å². The first-order chi connectivity index (χ1) is 15.0. The fourth-order valence-corrected chi connectivity index (χ4v) is 5.93. The van der Waals surface area contributed by atoms with Crippen LogP contribution in [0.3, 0.4) is 0 Å². The van der Waals surface area contributed by atoms with E-state index in [4.69, 9.17) is 4.74 Å². The number of allylic oxidation sites excluding steroid dienone is 1. The number of esters is 1. The Kier molecular flexibility index (Phi) is 5.17. The van der Waals surface area contributed by atoms with E-state index in [1.54, 1.807) is 0 Å². The highest BCUT2D eigenvalue weighted by molar-refractivity contribution is 6.03. The molecule has 2 aliphatic carbocycles. The van der Waals surface area contributed by atoms with Gasteiger partial charge in [0.25, 0.3) is 0 Å². The number of nitrogens with zero attached hydrogens (tertiary/aromatic N) is 1. The second-order valence-corrected chi connectivity index (χ2v) is 9.35. The molecule has 0 aromatic heterocycles. The molecule has 4 nitrogen and oxygen atoms in total. The summed E-state index contributed by atoms with van der Waals surface area (Å²) in [5.74, 6) is -0.0284. The number of hydrogen-bond acceptors (Lipinski definition) is 3. The molecule has 0 unspecified atom stereocenters. The van der Waals surface area contributed by atoms with Crippen LogP contribution in [-0.4, -0.2) is 18.0 Å². The van der Waals surface area contributed by atoms with Gasteiger partial charge >= 0.3 is 5.97 Å². The second kappa shape index (κ2) is 7.99. The number of rotatable bonds is 3. The molecular weight excluding hydrogens is 386 g/mol. The van der Waals surface area contributed by atoms with Gasteiger partial charge in [-0.2, -0.15) is 0 Å². The summed E-state index contributed by atoms with van der Waals surface area (Å²) < 4.78 is 5.66. The quantitative estimate of drug-likeness (QED) is 0.490. The third-order valence-electron chi connectivity index (χ3n) is 7.34. The van der Waals surface area contributed by atoms with Crippen molar-refractivity contribution < 1.29 is 14.3 Å². The van der Waals surface area contributed by atoms with Crippen LogP contribution in [0, 0.1) is 29.6 Å². The number of cyclic esters (lactones) is 1. The average molecular weight is 416 g/mol. The van der Waals surface area contributed by atoms with E-state index >= 15 is 0 Å². The number of anilines is 2. The van der Waals surface area contributed by atoms with Crippen LogP contribution in [0.4, 0.5) is 11.4 Å². The van der Waals surface area contributed by atoms with Gasteiger partial charge in [-0.05, 0) is 62.3 Å². The van der Waals surface area contributed by atoms with E-state index in [9.17, 15) is 9.59 Å². The lowest BCUT2D eigenvalue weighted by molar-refractivity contribution is -0.142. The van der Waals surface area contributed by atoms with Crippen LogP contribution in [-0.2, 0) is 14.3 Å². The number of hydrogen-bond donors (Lipinski definition) is 0. The summed E-state index contributed by atoms with van der Waals surface area (Å²) in [5.41, 5.74) is 2.99. The van der Waals surface area contributed by atoms with Crippen molar-refractivity contribution in [2.24, 2.45) is 29.6 Å². The number of para-hydroxylation sites is 2. The molecule has 0 spiro atoms. The van der Waals surface area contributed by atoms with Crippen LogP contribution < -0.4 is 4.90 Å². The molecule has 4 heteroatoms. The van der Waals surface area contributed by atoms with Gasteiger partial charge in [0.2, 0.25) is 5.91 Å². The number of benzene rings is 2. The molecule has 1 aliphatic heterocycles. The van der Waals surface area contributed by atoms with Crippen molar-refractivity contribution in [1.82, 2.24) is 0 Å². The fourth-order valence-electron chi connectivity index (χ4n) is 5.93. The highest BCUT2D eigenvalue weighted by atomic mass is 16.6. The topological polar surface area (TPSA) is 46.6 Å². The largest absolute Gasteiger partial charge is 0.462 e. The Balaban J connectivity index is 1.61. The molecule has 2 aromatic rings. The molecule has 1 saturated carbocycles. The molecule has 0 N–H and O–H groups in total. The standard InChI is InChI=1S/C27H29NO3/c1-17-13-14-22-19(15-17)16-23-24(18(2)31-27(23)30)25(22)26(29)28(20-9-5-3-6-10-20)21-11-7-4-8-12-21/h3-12,16-18,22-25H,13-15H2,1-2H3/t17-,18+,22+,23-,24+,25-/m0/s1. The summed E-state index contributed by atoms with van der Waals surface area (Å²) in [5, 5.41) is 0. The van der Waals surface area contributed by atoms with E-state index in [0.29, 0.717) is 5.92 Å². The molecule has 31 heavy (non-hydrogen) atoms. The maximum absolute atomic E-state index is 14.4. The molecule has 2 aromatic carbocycles. The summed E-state index contributed by atoms with van der Waals surface area (Å²) in [6.45, 7) is 4.21. The molecule has 2 fully saturated rings. The van der Waals surface area contributed by atoms with Crippen molar-refractivity contribution in [1.29, 1.82) is 0 Å². The summed E-state index contributed by atoms with van der Waals surface area (Å²) in [6.07, 6.45) is 4.97. The van der Waals surface area contributed by atoms with E-state index in [1.807, 2.05) is 72.5 Å². The van der Waals surface area contributed by atoms with Gasteiger partial charge in [0.15, 0.2) is 0 Å². The van der Waals surface area contributed by atoms with Crippen molar-refractivity contribution in [2.75, 3.05) is 4.90 Å². The van der Waals surface area contributed by atoms with Gasteiger partial charge in [-0.1, -0.05) is 55.0 Å². The van der Waals surface area contributed by atoms with Gasteiger partial charge in [-0.3, -0.25) is 14.5 Å². The third-order valence-corrected chi connectivity index (χ3v) is 7.34. The number of carbonyl (C=O) groups excluding carboxylic acids is 2. The second-order valence-electron chi connectivity index (χ2n) is 9.35. The Morgan fingerprint density at radius 3 is 2.16 bits per heavy atom. The van der Waals surface area contributed by atoms with Gasteiger partial charge in [0.1, 0.15) is 6.10 Å². The fraction of sp³-hybridized carbons (Fsp3) is 0.407. The molecule has 5 rings (SSSR count). The first kappa shape index (κ1) is 20.0. The van der Waals surface area contributed by atoms with Crippen LogP contribution in [0.5, 0.6) is 0 Å². The van der Waals surface area contributed by atoms with E-state index in [2.05, 4.69) is 13.0 Å². The first-order valence-corrected chi connectivity index (χ1v) is 11.4. The molecule has 0 radical (unpaired) electrons. The van der Waals surface area contributed by atoms with Crippen molar-refractivity contribution in [3.05, 3.63) is 72.3 Å². The predicted octanol–water partition coefficient (Wildman–Crippen LogP) is 5.52. The van der Waals surface area contributed by atoms with Gasteiger partial charge < -0.3 is 4.74 Å². The Morgan fingerprint density at radius 2 is 1.55 bits per heavy atom. The minimum atomic E-state index is -0.311. The number of carbonyl (C=O) groups is 2. The van der Waals surface area contributed by atoms with E-state index in [0.717, 1.165) is 30.6 Å². The molecule has 1 saturated heterocycles. The Morgan fingerprint density at radius 1 is 0.935 bits per heavy atom. The van der Waals surface area contributed by atoms with Crippen molar-refractivity contribution in [2.45, 2.75) is 39.2 Å². The number of ether oxygens (including phenoxy) is 1. The summed E-state index contributed by atoms with van der Waals surface area (Å²) >= 11 is 0. The van der Waals surface area contributed by atoms with E-state index in [-0.39, 0.29) is 41.7 Å². The lowest BCUT2D eigenvalue weighted by Crippen LogP contribution is -2.47. The third kappa shape index (κ3) is 3.48. The van der Waals surface area contributed by atoms with Gasteiger partial charge in [0.05, 0.1) is 11.8 Å². The monoisotopic (exact) mass is 415 g/mol. The summed E-state index contributed by atoms with van der Waals surface area (Å²) in [7, 11) is 0. The molecule has 6 atom stereocenters. The highest BCUT2D eigenvalue weighted by Crippen LogP contribution is 2.52. The van der Waals surface area contributed by atoms with Gasteiger partial charge in [-0.25, -0.2) is 0 Å². The Labute approximate surface area is 183 Å². The molecule has 1 heterocycles. The Bertz CT molecular complexity index is 960.